The Kier molecular flexibility index (Phi) is 5.30. The van der Waals surface area contributed by atoms with E-state index >= 15 is 0 Å². The largest absolute Gasteiger partial charge is 0.123 e. The molecule has 1 aliphatic carbocycles. The van der Waals surface area contributed by atoms with Crippen molar-refractivity contribution in [1.82, 2.24) is 0 Å². The molecule has 0 aromatic rings. The molecule has 0 heterocycles. The molecule has 0 amide bonds. The van der Waals surface area contributed by atoms with Gasteiger partial charge < -0.3 is 0 Å². The summed E-state index contributed by atoms with van der Waals surface area (Å²) in [5, 5.41) is 0.355. The lowest BCUT2D eigenvalue weighted by atomic mass is 9.74. The van der Waals surface area contributed by atoms with Gasteiger partial charge >= 0.3 is 0 Å². The summed E-state index contributed by atoms with van der Waals surface area (Å²) in [5.74, 6) is 2.81. The summed E-state index contributed by atoms with van der Waals surface area (Å²) in [5.41, 5.74) is 0. The van der Waals surface area contributed by atoms with Crippen LogP contribution in [0.1, 0.15) is 59.3 Å². The Morgan fingerprint density at radius 2 is 1.71 bits per heavy atom. The van der Waals surface area contributed by atoms with E-state index in [0.29, 0.717) is 5.38 Å². The van der Waals surface area contributed by atoms with Gasteiger partial charge in [0.1, 0.15) is 0 Å². The molecule has 1 heteroatoms. The third kappa shape index (κ3) is 3.81. The van der Waals surface area contributed by atoms with E-state index in [1.165, 1.54) is 38.5 Å². The van der Waals surface area contributed by atoms with Crippen LogP contribution in [0.15, 0.2) is 0 Å². The molecular formula is C13H25Cl. The number of hydrogen-bond acceptors (Lipinski definition) is 0. The molecule has 0 nitrogen and oxygen atoms in total. The van der Waals surface area contributed by atoms with Crippen LogP contribution < -0.4 is 0 Å². The van der Waals surface area contributed by atoms with Gasteiger partial charge in [0.15, 0.2) is 0 Å². The summed E-state index contributed by atoms with van der Waals surface area (Å²) in [7, 11) is 0. The van der Waals surface area contributed by atoms with Gasteiger partial charge in [-0.3, -0.25) is 0 Å². The lowest BCUT2D eigenvalue weighted by molar-refractivity contribution is 0.204. The molecule has 1 aliphatic rings. The van der Waals surface area contributed by atoms with Crippen molar-refractivity contribution >= 4 is 11.6 Å². The maximum absolute atomic E-state index is 6.05. The Morgan fingerprint density at radius 1 is 1.14 bits per heavy atom. The molecule has 1 saturated carbocycles. The first kappa shape index (κ1) is 12.4. The summed E-state index contributed by atoms with van der Waals surface area (Å²) < 4.78 is 0. The maximum Gasteiger partial charge on any atom is 0.0310 e. The van der Waals surface area contributed by atoms with E-state index < -0.39 is 0 Å². The van der Waals surface area contributed by atoms with Gasteiger partial charge in [-0.25, -0.2) is 0 Å². The fourth-order valence-electron chi connectivity index (χ4n) is 2.87. The van der Waals surface area contributed by atoms with Crippen LogP contribution in [-0.2, 0) is 0 Å². The molecule has 0 aliphatic heterocycles. The van der Waals surface area contributed by atoms with Crippen molar-refractivity contribution in [3.63, 3.8) is 0 Å². The highest BCUT2D eigenvalue weighted by Crippen LogP contribution is 2.36. The van der Waals surface area contributed by atoms with E-state index in [4.69, 9.17) is 11.6 Å². The topological polar surface area (TPSA) is 0 Å². The molecule has 0 radical (unpaired) electrons. The first-order chi connectivity index (χ1) is 6.63. The van der Waals surface area contributed by atoms with E-state index in [0.717, 1.165) is 17.8 Å². The van der Waals surface area contributed by atoms with Crippen molar-refractivity contribution in [2.24, 2.45) is 17.8 Å². The molecule has 0 spiro atoms. The van der Waals surface area contributed by atoms with E-state index in [-0.39, 0.29) is 0 Å². The summed E-state index contributed by atoms with van der Waals surface area (Å²) in [6, 6.07) is 0. The minimum atomic E-state index is 0.355. The van der Waals surface area contributed by atoms with Crippen molar-refractivity contribution in [2.75, 3.05) is 0 Å². The highest BCUT2D eigenvalue weighted by Gasteiger charge is 2.24. The molecule has 0 saturated heterocycles. The Morgan fingerprint density at radius 3 is 2.14 bits per heavy atom. The summed E-state index contributed by atoms with van der Waals surface area (Å²) in [4.78, 5) is 0. The normalized spacial score (nSPS) is 32.6. The molecule has 1 rings (SSSR count). The van der Waals surface area contributed by atoms with Crippen LogP contribution in [-0.4, -0.2) is 5.38 Å². The maximum atomic E-state index is 6.05. The molecule has 2 unspecified atom stereocenters. The van der Waals surface area contributed by atoms with Crippen LogP contribution in [0.5, 0.6) is 0 Å². The second-order valence-electron chi connectivity index (χ2n) is 5.18. The van der Waals surface area contributed by atoms with Gasteiger partial charge in [-0.05, 0) is 43.9 Å². The van der Waals surface area contributed by atoms with Crippen LogP contribution in [0, 0.1) is 17.8 Å². The average Bonchev–Trinajstić information content (AvgIpc) is 2.17. The van der Waals surface area contributed by atoms with Crippen LogP contribution >= 0.6 is 11.6 Å². The second-order valence-corrected chi connectivity index (χ2v) is 5.93. The number of alkyl halides is 1. The molecule has 2 atom stereocenters. The zero-order valence-electron chi connectivity index (χ0n) is 9.93. The van der Waals surface area contributed by atoms with Crippen LogP contribution in [0.4, 0.5) is 0 Å². The van der Waals surface area contributed by atoms with Crippen molar-refractivity contribution in [2.45, 2.75) is 64.7 Å². The quantitative estimate of drug-likeness (QED) is 0.589. The molecule has 0 aromatic carbocycles. The molecule has 0 aromatic heterocycles. The fraction of sp³-hybridized carbons (Fsp3) is 1.00. The first-order valence-corrected chi connectivity index (χ1v) is 6.71. The van der Waals surface area contributed by atoms with E-state index in [1.807, 2.05) is 0 Å². The molecule has 0 bridgehead atoms. The van der Waals surface area contributed by atoms with Crippen LogP contribution in [0.3, 0.4) is 0 Å². The van der Waals surface area contributed by atoms with E-state index in [1.54, 1.807) is 0 Å². The minimum absolute atomic E-state index is 0.355. The monoisotopic (exact) mass is 216 g/mol. The Bertz CT molecular complexity index is 145. The smallest absolute Gasteiger partial charge is 0.0310 e. The lowest BCUT2D eigenvalue weighted by Crippen LogP contribution is -2.21. The van der Waals surface area contributed by atoms with Gasteiger partial charge in [-0.15, -0.1) is 11.6 Å². The SMILES string of the molecule is CCC1CCC(C(C)CC(C)Cl)CC1. The van der Waals surface area contributed by atoms with Gasteiger partial charge in [-0.2, -0.15) is 0 Å². The van der Waals surface area contributed by atoms with Crippen LogP contribution in [0.25, 0.3) is 0 Å². The number of rotatable bonds is 4. The highest BCUT2D eigenvalue weighted by atomic mass is 35.5. The standard InChI is InChI=1S/C13H25Cl/c1-4-12-5-7-13(8-6-12)10(2)9-11(3)14/h10-13H,4-9H2,1-3H3. The molecule has 84 valence electrons. The van der Waals surface area contributed by atoms with Gasteiger partial charge in [0.2, 0.25) is 0 Å². The predicted molar refractivity (Wildman–Crippen MR) is 64.8 cm³/mol. The zero-order chi connectivity index (χ0) is 10.6. The first-order valence-electron chi connectivity index (χ1n) is 6.27. The molecular weight excluding hydrogens is 192 g/mol. The van der Waals surface area contributed by atoms with E-state index in [9.17, 15) is 0 Å². The summed E-state index contributed by atoms with van der Waals surface area (Å²) >= 11 is 6.05. The Hall–Kier alpha value is 0.290. The summed E-state index contributed by atoms with van der Waals surface area (Å²) in [6.45, 7) is 6.83. The van der Waals surface area contributed by atoms with Crippen molar-refractivity contribution in [3.8, 4) is 0 Å². The van der Waals surface area contributed by atoms with Gasteiger partial charge in [-0.1, -0.05) is 33.1 Å². The number of hydrogen-bond donors (Lipinski definition) is 0. The van der Waals surface area contributed by atoms with Crippen molar-refractivity contribution < 1.29 is 0 Å². The second kappa shape index (κ2) is 6.00. The van der Waals surface area contributed by atoms with E-state index in [2.05, 4.69) is 20.8 Å². The molecule has 0 N–H and O–H groups in total. The lowest BCUT2D eigenvalue weighted by Gasteiger charge is -2.32. The highest BCUT2D eigenvalue weighted by molar-refractivity contribution is 6.20. The van der Waals surface area contributed by atoms with Gasteiger partial charge in [0, 0.05) is 5.38 Å². The predicted octanol–water partition coefficient (Wildman–Crippen LogP) is 4.86. The van der Waals surface area contributed by atoms with Crippen molar-refractivity contribution in [1.29, 1.82) is 0 Å². The minimum Gasteiger partial charge on any atom is -0.123 e. The third-order valence-corrected chi connectivity index (χ3v) is 4.15. The Labute approximate surface area is 94.4 Å². The zero-order valence-corrected chi connectivity index (χ0v) is 10.7. The van der Waals surface area contributed by atoms with Crippen LogP contribution in [0.2, 0.25) is 0 Å². The third-order valence-electron chi connectivity index (χ3n) is 3.97. The number of halogens is 1. The Balaban J connectivity index is 2.26. The average molecular weight is 217 g/mol. The van der Waals surface area contributed by atoms with Gasteiger partial charge in [0.05, 0.1) is 0 Å². The summed E-state index contributed by atoms with van der Waals surface area (Å²) in [6.07, 6.45) is 8.40. The van der Waals surface area contributed by atoms with Crippen molar-refractivity contribution in [3.05, 3.63) is 0 Å². The fourth-order valence-corrected chi connectivity index (χ4v) is 3.15. The van der Waals surface area contributed by atoms with Gasteiger partial charge in [0.25, 0.3) is 0 Å². The molecule has 14 heavy (non-hydrogen) atoms. The molecule has 1 fully saturated rings.